The van der Waals surface area contributed by atoms with Crippen LogP contribution in [0.5, 0.6) is 0 Å². The standard InChI is InChI=1S/C78H82BN3S/c1-72(2)34-35-73(3,4)58-40-51(32-33-56(58)72)82-64-45-61-60(75(7,8)37-38-76(61,9)10)44-63(64)79-69-65(41-52(42-66(69)82)81(49-25-17-15-18-26-49)50-27-19-16-20-28-50)80(47-48-24-23-31-57-68(48)53-29-21-22-30-55(53)78(57,13)14)70-54-43-59-62(46-67(54)83-71(70)79)77(11,12)39-36-74(59,5)6/h15-33,40-46H,34-39,47H2,1-14H3. The van der Waals surface area contributed by atoms with Crippen molar-refractivity contribution in [1.29, 1.82) is 0 Å². The molecule has 8 aromatic carbocycles. The van der Waals surface area contributed by atoms with E-state index in [0.29, 0.717) is 0 Å². The lowest BCUT2D eigenvalue weighted by Gasteiger charge is -2.48. The van der Waals surface area contributed by atoms with Gasteiger partial charge in [-0.3, -0.25) is 0 Å². The number of nitrogens with zero attached hydrogens (tertiary/aromatic N) is 3. The molecule has 0 atom stereocenters. The SMILES string of the molecule is CC1(C)CCC(C)(C)c2cc(N3c4cc5c(cc4B4c6sc7cc8c(cc7c6N(Cc6cccc7c6-c6ccccc6C7(C)C)c6cc(N(c7ccccc7)c7ccccc7)cc3c64)C(C)(C)CCC8(C)C)C(C)(C)CCC5(C)C)ccc21. The highest BCUT2D eigenvalue weighted by atomic mass is 32.1. The second-order valence-electron chi connectivity index (χ2n) is 30.5. The molecule has 1 aromatic heterocycles. The summed E-state index contributed by atoms with van der Waals surface area (Å²) < 4.78 is 2.87. The minimum Gasteiger partial charge on any atom is -0.337 e. The Morgan fingerprint density at radius 1 is 0.434 bits per heavy atom. The third-order valence-electron chi connectivity index (χ3n) is 22.1. The summed E-state index contributed by atoms with van der Waals surface area (Å²) in [6.07, 6.45) is 7.01. The molecule has 0 saturated heterocycles. The van der Waals surface area contributed by atoms with E-state index < -0.39 is 0 Å². The summed E-state index contributed by atoms with van der Waals surface area (Å²) in [4.78, 5) is 8.12. The average molecular weight is 1100 g/mol. The Kier molecular flexibility index (Phi) is 11.2. The summed E-state index contributed by atoms with van der Waals surface area (Å²) in [6.45, 7) is 35.6. The van der Waals surface area contributed by atoms with Gasteiger partial charge in [-0.2, -0.15) is 0 Å². The molecule has 5 heteroatoms. The summed E-state index contributed by atoms with van der Waals surface area (Å²) in [6, 6.07) is 62.4. The van der Waals surface area contributed by atoms with Crippen molar-refractivity contribution in [2.24, 2.45) is 0 Å². The number of thiophene rings is 1. The van der Waals surface area contributed by atoms with E-state index in [0.717, 1.165) is 42.9 Å². The third kappa shape index (κ3) is 7.73. The zero-order chi connectivity index (χ0) is 57.7. The first kappa shape index (κ1) is 52.9. The molecule has 0 radical (unpaired) electrons. The first-order valence-electron chi connectivity index (χ1n) is 31.2. The van der Waals surface area contributed by atoms with Crippen LogP contribution >= 0.6 is 11.3 Å². The largest absolute Gasteiger partial charge is 0.337 e. The molecule has 0 fully saturated rings. The van der Waals surface area contributed by atoms with Crippen molar-refractivity contribution in [1.82, 2.24) is 0 Å². The fourth-order valence-electron chi connectivity index (χ4n) is 16.7. The van der Waals surface area contributed by atoms with Crippen molar-refractivity contribution < 1.29 is 0 Å². The van der Waals surface area contributed by atoms with Gasteiger partial charge in [-0.25, -0.2) is 0 Å². The molecule has 0 bridgehead atoms. The first-order valence-corrected chi connectivity index (χ1v) is 32.0. The molecule has 0 N–H and O–H groups in total. The maximum Gasteiger partial charge on any atom is 0.264 e. The zero-order valence-corrected chi connectivity index (χ0v) is 52.6. The summed E-state index contributed by atoms with van der Waals surface area (Å²) in [5, 5.41) is 1.39. The van der Waals surface area contributed by atoms with Crippen LogP contribution in [0.3, 0.4) is 0 Å². The van der Waals surface area contributed by atoms with Crippen LogP contribution in [0, 0.1) is 0 Å². The smallest absolute Gasteiger partial charge is 0.264 e. The summed E-state index contributed by atoms with van der Waals surface area (Å²) >= 11 is 2.09. The predicted octanol–water partition coefficient (Wildman–Crippen LogP) is 19.7. The fourth-order valence-corrected chi connectivity index (χ4v) is 18.1. The minimum atomic E-state index is -0.123. The highest BCUT2D eigenvalue weighted by molar-refractivity contribution is 7.33. The van der Waals surface area contributed by atoms with Gasteiger partial charge in [0, 0.05) is 60.9 Å². The topological polar surface area (TPSA) is 9.72 Å². The molecule has 418 valence electrons. The molecule has 0 unspecified atom stereocenters. The summed E-state index contributed by atoms with van der Waals surface area (Å²) in [5.74, 6) is 0. The average Bonchev–Trinajstić information content (AvgIpc) is 1.76. The van der Waals surface area contributed by atoms with Gasteiger partial charge in [0.25, 0.3) is 6.71 Å². The Bertz CT molecular complexity index is 4150. The fraction of sp³-hybridized carbons (Fsp3) is 0.359. The van der Waals surface area contributed by atoms with Gasteiger partial charge in [0.2, 0.25) is 0 Å². The number of fused-ring (bicyclic) bond motifs is 12. The lowest BCUT2D eigenvalue weighted by Crippen LogP contribution is -2.61. The molecule has 3 heterocycles. The molecule has 0 amide bonds. The van der Waals surface area contributed by atoms with E-state index in [1.165, 1.54) is 135 Å². The molecule has 0 spiro atoms. The highest BCUT2D eigenvalue weighted by Gasteiger charge is 2.50. The Labute approximate surface area is 499 Å². The van der Waals surface area contributed by atoms with E-state index in [2.05, 4.69) is 281 Å². The van der Waals surface area contributed by atoms with Crippen LogP contribution in [0.15, 0.2) is 158 Å². The maximum absolute atomic E-state index is 2.84. The predicted molar refractivity (Wildman–Crippen MR) is 358 cm³/mol. The van der Waals surface area contributed by atoms with Crippen molar-refractivity contribution in [2.75, 3.05) is 14.7 Å². The van der Waals surface area contributed by atoms with Gasteiger partial charge >= 0.3 is 0 Å². The van der Waals surface area contributed by atoms with E-state index in [-0.39, 0.29) is 44.6 Å². The van der Waals surface area contributed by atoms with Crippen molar-refractivity contribution in [2.45, 2.75) is 180 Å². The molecule has 4 aliphatic carbocycles. The van der Waals surface area contributed by atoms with Crippen LogP contribution in [0.2, 0.25) is 0 Å². The quantitative estimate of drug-likeness (QED) is 0.154. The van der Waals surface area contributed by atoms with Crippen LogP contribution in [0.25, 0.3) is 21.2 Å². The van der Waals surface area contributed by atoms with Gasteiger partial charge in [-0.1, -0.05) is 188 Å². The third-order valence-corrected chi connectivity index (χ3v) is 23.3. The van der Waals surface area contributed by atoms with Crippen molar-refractivity contribution in [3.63, 3.8) is 0 Å². The van der Waals surface area contributed by atoms with E-state index in [9.17, 15) is 0 Å². The monoisotopic (exact) mass is 1100 g/mol. The zero-order valence-electron chi connectivity index (χ0n) is 51.8. The Balaban J connectivity index is 1.10. The van der Waals surface area contributed by atoms with Gasteiger partial charge < -0.3 is 14.7 Å². The van der Waals surface area contributed by atoms with Gasteiger partial charge in [0.05, 0.1) is 11.4 Å². The molecule has 0 saturated carbocycles. The van der Waals surface area contributed by atoms with Gasteiger partial charge in [0.1, 0.15) is 0 Å². The van der Waals surface area contributed by atoms with Crippen molar-refractivity contribution in [3.05, 3.63) is 208 Å². The number of hydrogen-bond acceptors (Lipinski definition) is 4. The van der Waals surface area contributed by atoms with Crippen LogP contribution in [0.4, 0.5) is 45.5 Å². The number of para-hydroxylation sites is 2. The van der Waals surface area contributed by atoms with E-state index >= 15 is 0 Å². The molecule has 2 aliphatic heterocycles. The van der Waals surface area contributed by atoms with E-state index in [1.54, 1.807) is 0 Å². The molecule has 9 aromatic rings. The lowest BCUT2D eigenvalue weighted by molar-refractivity contribution is 0.332. The molecular weight excluding hydrogens is 1020 g/mol. The number of anilines is 8. The van der Waals surface area contributed by atoms with Crippen LogP contribution in [-0.4, -0.2) is 6.71 Å². The Morgan fingerprint density at radius 3 is 1.58 bits per heavy atom. The first-order chi connectivity index (χ1) is 39.4. The van der Waals surface area contributed by atoms with Crippen LogP contribution in [-0.2, 0) is 44.4 Å². The molecule has 83 heavy (non-hydrogen) atoms. The number of hydrogen-bond donors (Lipinski definition) is 0. The molecular formula is C78H82BN3S. The number of rotatable bonds is 6. The van der Waals surface area contributed by atoms with Crippen molar-refractivity contribution >= 4 is 89.3 Å². The maximum atomic E-state index is 2.84. The molecule has 15 rings (SSSR count). The summed E-state index contributed by atoms with van der Waals surface area (Å²) in [7, 11) is 0. The normalized spacial score (nSPS) is 19.8. The van der Waals surface area contributed by atoms with Crippen molar-refractivity contribution in [3.8, 4) is 11.1 Å². The second kappa shape index (κ2) is 17.6. The number of benzene rings is 8. The van der Waals surface area contributed by atoms with Gasteiger partial charge in [-0.05, 0) is 210 Å². The van der Waals surface area contributed by atoms with E-state index in [1.807, 2.05) is 0 Å². The van der Waals surface area contributed by atoms with Gasteiger partial charge in [-0.15, -0.1) is 11.3 Å². The van der Waals surface area contributed by atoms with Crippen LogP contribution < -0.4 is 30.4 Å². The second-order valence-corrected chi connectivity index (χ2v) is 31.6. The summed E-state index contributed by atoms with van der Waals surface area (Å²) in [5.41, 5.74) is 28.9. The van der Waals surface area contributed by atoms with E-state index in [4.69, 9.17) is 0 Å². The Hall–Kier alpha value is -6.82. The van der Waals surface area contributed by atoms with Gasteiger partial charge in [0.15, 0.2) is 0 Å². The lowest BCUT2D eigenvalue weighted by atomic mass is 9.35. The Morgan fingerprint density at radius 2 is 0.952 bits per heavy atom. The van der Waals surface area contributed by atoms with Crippen LogP contribution in [0.1, 0.15) is 186 Å². The minimum absolute atomic E-state index is 0.00602. The molecule has 6 aliphatic rings. The molecule has 3 nitrogen and oxygen atoms in total. The highest BCUT2D eigenvalue weighted by Crippen LogP contribution is 2.57.